The van der Waals surface area contributed by atoms with E-state index in [0.29, 0.717) is 35.6 Å². The van der Waals surface area contributed by atoms with Crippen molar-refractivity contribution in [1.82, 2.24) is 24.1 Å². The van der Waals surface area contributed by atoms with Crippen molar-refractivity contribution in [3.8, 4) is 28.3 Å². The first-order valence-electron chi connectivity index (χ1n) is 15.7. The predicted molar refractivity (Wildman–Crippen MR) is 190 cm³/mol. The number of halogens is 1. The van der Waals surface area contributed by atoms with Gasteiger partial charge >= 0.3 is 5.69 Å². The van der Waals surface area contributed by atoms with Crippen LogP contribution in [-0.2, 0) is 25.4 Å². The topological polar surface area (TPSA) is 159 Å². The van der Waals surface area contributed by atoms with E-state index in [1.165, 1.54) is 17.9 Å². The van der Waals surface area contributed by atoms with E-state index >= 15 is 0 Å². The van der Waals surface area contributed by atoms with Crippen LogP contribution in [0.3, 0.4) is 0 Å². The van der Waals surface area contributed by atoms with Crippen LogP contribution in [0.2, 0.25) is 5.02 Å². The number of hydrogen-bond acceptors (Lipinski definition) is 10. The van der Waals surface area contributed by atoms with E-state index in [1.54, 1.807) is 14.2 Å². The molecule has 1 aliphatic heterocycles. The van der Waals surface area contributed by atoms with Gasteiger partial charge in [-0.1, -0.05) is 61.8 Å². The van der Waals surface area contributed by atoms with Gasteiger partial charge in [0.25, 0.3) is 5.56 Å². The van der Waals surface area contributed by atoms with Gasteiger partial charge in [-0.05, 0) is 43.0 Å². The van der Waals surface area contributed by atoms with Gasteiger partial charge in [-0.25, -0.2) is 19.7 Å². The number of nitrogens with zero attached hydrogens (tertiary/aromatic N) is 5. The molecular formula is C35H42ClN7O5. The number of hydrogen-bond donors (Lipinski definition) is 3. The van der Waals surface area contributed by atoms with Crippen molar-refractivity contribution in [3.05, 3.63) is 91.8 Å². The lowest BCUT2D eigenvalue weighted by atomic mass is 9.96. The van der Waals surface area contributed by atoms with Crippen LogP contribution >= 0.6 is 11.6 Å². The van der Waals surface area contributed by atoms with E-state index in [-0.39, 0.29) is 17.1 Å². The van der Waals surface area contributed by atoms with E-state index < -0.39 is 11.2 Å². The first kappa shape index (κ1) is 36.2. The molecule has 1 fully saturated rings. The maximum Gasteiger partial charge on any atom is 0.332 e. The molecule has 6 rings (SSSR count). The highest BCUT2D eigenvalue weighted by Gasteiger charge is 2.18. The highest BCUT2D eigenvalue weighted by Crippen LogP contribution is 2.39. The van der Waals surface area contributed by atoms with Gasteiger partial charge in [-0.3, -0.25) is 13.9 Å². The van der Waals surface area contributed by atoms with Gasteiger partial charge in [0.2, 0.25) is 5.88 Å². The molecule has 0 amide bonds. The van der Waals surface area contributed by atoms with E-state index in [1.807, 2.05) is 69.3 Å². The normalized spacial score (nSPS) is 14.0. The maximum absolute atomic E-state index is 13.0. The number of benzene rings is 2. The summed E-state index contributed by atoms with van der Waals surface area (Å²) in [6, 6.07) is 15.3. The summed E-state index contributed by atoms with van der Waals surface area (Å²) < 4.78 is 12.7. The fraction of sp³-hybridized carbons (Fsp3) is 0.343. The summed E-state index contributed by atoms with van der Waals surface area (Å²) in [7, 11) is 4.55. The highest BCUT2D eigenvalue weighted by atomic mass is 35.5. The molecule has 0 bridgehead atoms. The second-order valence-electron chi connectivity index (χ2n) is 10.8. The monoisotopic (exact) mass is 675 g/mol. The molecule has 13 heteroatoms. The molecule has 1 aliphatic rings. The Morgan fingerprint density at radius 1 is 1.04 bits per heavy atom. The average molecular weight is 676 g/mol. The number of rotatable bonds is 6. The average Bonchev–Trinajstić information content (AvgIpc) is 3.12. The smallest absolute Gasteiger partial charge is 0.332 e. The van der Waals surface area contributed by atoms with E-state index in [4.69, 9.17) is 31.9 Å². The van der Waals surface area contributed by atoms with Crippen LogP contribution in [-0.4, -0.2) is 55.6 Å². The first-order valence-corrected chi connectivity index (χ1v) is 16.1. The zero-order valence-electron chi connectivity index (χ0n) is 28.1. The summed E-state index contributed by atoms with van der Waals surface area (Å²) >= 11 is 6.96. The molecule has 0 radical (unpaired) electrons. The number of anilines is 2. The van der Waals surface area contributed by atoms with Gasteiger partial charge < -0.3 is 25.6 Å². The molecule has 1 unspecified atom stereocenters. The minimum absolute atomic E-state index is 0.186. The number of ether oxygens (including phenoxy) is 2. The molecule has 1 saturated heterocycles. The first-order chi connectivity index (χ1) is 23.2. The Labute approximate surface area is 284 Å². The van der Waals surface area contributed by atoms with Crippen LogP contribution in [0.15, 0.2) is 64.4 Å². The molecule has 2 aromatic carbocycles. The summed E-state index contributed by atoms with van der Waals surface area (Å²) in [5.74, 6) is 0.757. The summed E-state index contributed by atoms with van der Waals surface area (Å²) in [6.07, 6.45) is 3.07. The van der Waals surface area contributed by atoms with E-state index in [0.717, 1.165) is 57.5 Å². The highest BCUT2D eigenvalue weighted by molar-refractivity contribution is 6.36. The van der Waals surface area contributed by atoms with Gasteiger partial charge in [-0.2, -0.15) is 0 Å². The third-order valence-corrected chi connectivity index (χ3v) is 8.28. The quantitative estimate of drug-likeness (QED) is 0.221. The number of aryl methyl sites for hydroxylation is 1. The lowest BCUT2D eigenvalue weighted by Gasteiger charge is -2.17. The van der Waals surface area contributed by atoms with Crippen molar-refractivity contribution in [2.45, 2.75) is 46.3 Å². The lowest BCUT2D eigenvalue weighted by Crippen LogP contribution is -2.37. The van der Waals surface area contributed by atoms with Crippen LogP contribution in [0.4, 0.5) is 11.5 Å². The Kier molecular flexibility index (Phi) is 12.4. The van der Waals surface area contributed by atoms with Crippen molar-refractivity contribution in [2.75, 3.05) is 25.6 Å². The molecular weight excluding hydrogens is 634 g/mol. The Morgan fingerprint density at radius 3 is 2.40 bits per heavy atom. The third-order valence-electron chi connectivity index (χ3n) is 7.88. The Morgan fingerprint density at radius 2 is 1.75 bits per heavy atom. The zero-order chi connectivity index (χ0) is 35.0. The fourth-order valence-corrected chi connectivity index (χ4v) is 5.62. The molecule has 3 aromatic heterocycles. The largest absolute Gasteiger partial charge is 0.481 e. The van der Waals surface area contributed by atoms with Gasteiger partial charge in [0.15, 0.2) is 5.65 Å². The SMILES string of the molecule is CC.COc1nc(-c2cccc(-c3cccc(Nc4ncnc5c4c(=O)n(C)c(=O)n5C)c3C)c2Cl)ccc1CN.OC1CCCOC1. The molecule has 4 heterocycles. The van der Waals surface area contributed by atoms with Crippen LogP contribution < -0.4 is 27.0 Å². The number of nitrogens with one attached hydrogen (secondary N) is 1. The lowest BCUT2D eigenvalue weighted by molar-refractivity contribution is -0.00535. The molecule has 4 N–H and O–H groups in total. The molecule has 5 aromatic rings. The van der Waals surface area contributed by atoms with E-state index in [9.17, 15) is 9.59 Å². The van der Waals surface area contributed by atoms with Gasteiger partial charge in [-0.15, -0.1) is 0 Å². The number of aliphatic hydroxyl groups is 1. The van der Waals surface area contributed by atoms with Crippen molar-refractivity contribution in [1.29, 1.82) is 0 Å². The minimum atomic E-state index is -0.482. The number of methoxy groups -OCH3 is 1. The summed E-state index contributed by atoms with van der Waals surface area (Å²) in [5.41, 5.74) is 10.6. The number of pyridine rings is 1. The molecule has 0 spiro atoms. The van der Waals surface area contributed by atoms with Crippen LogP contribution in [0.1, 0.15) is 37.8 Å². The molecule has 12 nitrogen and oxygen atoms in total. The number of aliphatic hydroxyl groups excluding tert-OH is 1. The number of aromatic nitrogens is 5. The van der Waals surface area contributed by atoms with Gasteiger partial charge in [0.1, 0.15) is 17.5 Å². The second-order valence-corrected chi connectivity index (χ2v) is 11.2. The zero-order valence-corrected chi connectivity index (χ0v) is 28.8. The number of fused-ring (bicyclic) bond motifs is 1. The standard InChI is InChI=1S/C28H26ClN7O3.C5H10O2.C2H6/c1-15-17(18-8-5-9-19(23(18)29)21-12-11-16(13-30)26(34-21)39-4)7-6-10-20(15)33-24-22-25(32-14-31-24)35(2)28(38)36(3)27(22)37;6-5-2-1-3-7-4-5;1-2/h5-12,14H,13,30H2,1-4H3,(H,31,32,33);5-6H,1-4H2;1-2H3. The fourth-order valence-electron chi connectivity index (χ4n) is 5.30. The summed E-state index contributed by atoms with van der Waals surface area (Å²) in [6.45, 7) is 7.64. The Hall–Kier alpha value is -4.62. The minimum Gasteiger partial charge on any atom is -0.481 e. The summed E-state index contributed by atoms with van der Waals surface area (Å²) in [5, 5.41) is 12.8. The van der Waals surface area contributed by atoms with Crippen molar-refractivity contribution in [2.24, 2.45) is 19.8 Å². The van der Waals surface area contributed by atoms with Crippen molar-refractivity contribution >= 4 is 34.1 Å². The molecule has 48 heavy (non-hydrogen) atoms. The van der Waals surface area contributed by atoms with Crippen LogP contribution in [0, 0.1) is 6.92 Å². The van der Waals surface area contributed by atoms with Crippen LogP contribution in [0.5, 0.6) is 5.88 Å². The van der Waals surface area contributed by atoms with E-state index in [2.05, 4.69) is 20.3 Å². The maximum atomic E-state index is 13.0. The Balaban J connectivity index is 0.000000507. The van der Waals surface area contributed by atoms with Crippen LogP contribution in [0.25, 0.3) is 33.4 Å². The third kappa shape index (κ3) is 7.57. The molecule has 1 atom stereocenters. The Bertz CT molecular complexity index is 2010. The molecule has 0 saturated carbocycles. The van der Waals surface area contributed by atoms with Crippen molar-refractivity contribution in [3.63, 3.8) is 0 Å². The predicted octanol–water partition coefficient (Wildman–Crippen LogP) is 5.11. The second kappa shape index (κ2) is 16.5. The van der Waals surface area contributed by atoms with Gasteiger partial charge in [0.05, 0.1) is 30.5 Å². The molecule has 254 valence electrons. The van der Waals surface area contributed by atoms with Gasteiger partial charge in [0, 0.05) is 49.6 Å². The molecule has 0 aliphatic carbocycles. The number of nitrogens with two attached hydrogens (primary N) is 1. The summed E-state index contributed by atoms with van der Waals surface area (Å²) in [4.78, 5) is 38.4. The van der Waals surface area contributed by atoms with Crippen molar-refractivity contribution < 1.29 is 14.6 Å².